The lowest BCUT2D eigenvalue weighted by atomic mass is 9.82. The molecule has 2 rings (SSSR count). The number of rotatable bonds is 0. The Kier molecular flexibility index (Phi) is 2.01. The van der Waals surface area contributed by atoms with E-state index in [0.29, 0.717) is 11.4 Å². The van der Waals surface area contributed by atoms with Gasteiger partial charge in [0.2, 0.25) is 0 Å². The van der Waals surface area contributed by atoms with Gasteiger partial charge in [-0.1, -0.05) is 12.8 Å². The fourth-order valence-corrected chi connectivity index (χ4v) is 3.24. The Balaban J connectivity index is 2.11. The Morgan fingerprint density at radius 1 is 1.27 bits per heavy atom. The Bertz CT molecular complexity index is 178. The first-order chi connectivity index (χ1) is 5.29. The molecule has 0 aromatic carbocycles. The van der Waals surface area contributed by atoms with E-state index in [1.165, 1.54) is 25.7 Å². The summed E-state index contributed by atoms with van der Waals surface area (Å²) in [6, 6.07) is 0. The standard InChI is InChI=1S/C9H15OP/c10-8-5-6-3-1-2-4-7(6)9(8)11/h6-7,9H,1-5,11H2. The van der Waals surface area contributed by atoms with Crippen LogP contribution >= 0.6 is 9.24 Å². The number of carbonyl (C=O) groups is 1. The van der Waals surface area contributed by atoms with E-state index in [1.54, 1.807) is 0 Å². The molecule has 2 heteroatoms. The van der Waals surface area contributed by atoms with Gasteiger partial charge in [-0.3, -0.25) is 4.79 Å². The first-order valence-corrected chi connectivity index (χ1v) is 5.24. The van der Waals surface area contributed by atoms with Crippen LogP contribution in [0.15, 0.2) is 0 Å². The summed E-state index contributed by atoms with van der Waals surface area (Å²) in [6.07, 6.45) is 6.18. The van der Waals surface area contributed by atoms with Gasteiger partial charge in [-0.2, -0.15) is 0 Å². The summed E-state index contributed by atoms with van der Waals surface area (Å²) >= 11 is 0. The van der Waals surface area contributed by atoms with Crippen LogP contribution in [0.25, 0.3) is 0 Å². The number of hydrogen-bond donors (Lipinski definition) is 0. The lowest BCUT2D eigenvalue weighted by Gasteiger charge is -2.26. The molecular weight excluding hydrogens is 155 g/mol. The highest BCUT2D eigenvalue weighted by atomic mass is 31.0. The molecule has 0 spiro atoms. The molecule has 0 aliphatic heterocycles. The first kappa shape index (κ1) is 7.73. The van der Waals surface area contributed by atoms with E-state index in [-0.39, 0.29) is 0 Å². The molecule has 4 atom stereocenters. The van der Waals surface area contributed by atoms with E-state index in [9.17, 15) is 4.79 Å². The van der Waals surface area contributed by atoms with Gasteiger partial charge in [0, 0.05) is 12.1 Å². The van der Waals surface area contributed by atoms with Crippen molar-refractivity contribution < 1.29 is 4.79 Å². The zero-order valence-electron chi connectivity index (χ0n) is 6.75. The molecule has 0 aromatic rings. The summed E-state index contributed by atoms with van der Waals surface area (Å²) in [6.45, 7) is 0. The predicted molar refractivity (Wildman–Crippen MR) is 48.6 cm³/mol. The number of carbonyl (C=O) groups excluding carboxylic acids is 1. The van der Waals surface area contributed by atoms with E-state index in [4.69, 9.17) is 0 Å². The molecule has 0 bridgehead atoms. The van der Waals surface area contributed by atoms with Crippen LogP contribution in [-0.2, 0) is 4.79 Å². The SMILES string of the molecule is O=C1CC2CCCCC2C1P. The van der Waals surface area contributed by atoms with Crippen molar-refractivity contribution >= 4 is 15.0 Å². The molecule has 0 N–H and O–H groups in total. The van der Waals surface area contributed by atoms with Gasteiger partial charge in [-0.05, 0) is 24.7 Å². The zero-order chi connectivity index (χ0) is 7.84. The summed E-state index contributed by atoms with van der Waals surface area (Å²) in [5, 5.41) is 0. The van der Waals surface area contributed by atoms with Crippen molar-refractivity contribution in [2.45, 2.75) is 37.8 Å². The molecular formula is C9H15OP. The molecule has 4 unspecified atom stereocenters. The first-order valence-electron chi connectivity index (χ1n) is 4.57. The maximum absolute atomic E-state index is 11.3. The van der Waals surface area contributed by atoms with Crippen LogP contribution < -0.4 is 0 Å². The van der Waals surface area contributed by atoms with E-state index in [1.807, 2.05) is 0 Å². The molecule has 0 saturated heterocycles. The fraction of sp³-hybridized carbons (Fsp3) is 0.889. The number of fused-ring (bicyclic) bond motifs is 1. The largest absolute Gasteiger partial charge is 0.299 e. The summed E-state index contributed by atoms with van der Waals surface area (Å²) < 4.78 is 0. The van der Waals surface area contributed by atoms with Crippen LogP contribution in [-0.4, -0.2) is 11.4 Å². The highest BCUT2D eigenvalue weighted by Crippen LogP contribution is 2.43. The van der Waals surface area contributed by atoms with E-state index >= 15 is 0 Å². The van der Waals surface area contributed by atoms with Crippen molar-refractivity contribution in [3.63, 3.8) is 0 Å². The average molecular weight is 170 g/mol. The fourth-order valence-electron chi connectivity index (χ4n) is 2.60. The van der Waals surface area contributed by atoms with Crippen molar-refractivity contribution in [2.75, 3.05) is 0 Å². The van der Waals surface area contributed by atoms with Gasteiger partial charge in [0.15, 0.2) is 0 Å². The average Bonchev–Trinajstić information content (AvgIpc) is 2.30. The molecule has 2 fully saturated rings. The molecule has 0 aromatic heterocycles. The predicted octanol–water partition coefficient (Wildman–Crippen LogP) is 2.01. The molecule has 1 nitrogen and oxygen atoms in total. The van der Waals surface area contributed by atoms with E-state index < -0.39 is 0 Å². The maximum atomic E-state index is 11.3. The van der Waals surface area contributed by atoms with Gasteiger partial charge in [0.25, 0.3) is 0 Å². The van der Waals surface area contributed by atoms with Crippen LogP contribution in [0.2, 0.25) is 0 Å². The Morgan fingerprint density at radius 2 is 2.00 bits per heavy atom. The maximum Gasteiger partial charge on any atom is 0.140 e. The second-order valence-corrected chi connectivity index (χ2v) is 4.62. The van der Waals surface area contributed by atoms with Gasteiger partial charge in [0.05, 0.1) is 0 Å². The minimum absolute atomic E-state index is 0.306. The third kappa shape index (κ3) is 1.24. The second kappa shape index (κ2) is 2.86. The molecule has 11 heavy (non-hydrogen) atoms. The monoisotopic (exact) mass is 170 g/mol. The van der Waals surface area contributed by atoms with Gasteiger partial charge in [-0.15, -0.1) is 9.24 Å². The van der Waals surface area contributed by atoms with Gasteiger partial charge in [-0.25, -0.2) is 0 Å². The summed E-state index contributed by atoms with van der Waals surface area (Å²) in [5.74, 6) is 1.96. The van der Waals surface area contributed by atoms with Crippen molar-refractivity contribution in [3.8, 4) is 0 Å². The Labute approximate surface area is 70.1 Å². The van der Waals surface area contributed by atoms with Crippen LogP contribution in [0.4, 0.5) is 0 Å². The zero-order valence-corrected chi connectivity index (χ0v) is 7.91. The van der Waals surface area contributed by atoms with Crippen LogP contribution in [0.5, 0.6) is 0 Å². The van der Waals surface area contributed by atoms with Crippen molar-refractivity contribution in [1.82, 2.24) is 0 Å². The minimum Gasteiger partial charge on any atom is -0.299 e. The van der Waals surface area contributed by atoms with Crippen LogP contribution in [0.3, 0.4) is 0 Å². The number of Topliss-reactive ketones (excluding diaryl/α,β-unsaturated/α-hetero) is 1. The Morgan fingerprint density at radius 3 is 2.73 bits per heavy atom. The summed E-state index contributed by atoms with van der Waals surface area (Å²) in [7, 11) is 2.73. The molecule has 62 valence electrons. The van der Waals surface area contributed by atoms with E-state index in [2.05, 4.69) is 9.24 Å². The smallest absolute Gasteiger partial charge is 0.140 e. The molecule has 2 aliphatic carbocycles. The van der Waals surface area contributed by atoms with Crippen molar-refractivity contribution in [3.05, 3.63) is 0 Å². The highest BCUT2D eigenvalue weighted by Gasteiger charge is 2.40. The second-order valence-electron chi connectivity index (χ2n) is 3.90. The van der Waals surface area contributed by atoms with Gasteiger partial charge < -0.3 is 0 Å². The topological polar surface area (TPSA) is 17.1 Å². The van der Waals surface area contributed by atoms with E-state index in [0.717, 1.165) is 18.3 Å². The van der Waals surface area contributed by atoms with Crippen molar-refractivity contribution in [2.24, 2.45) is 11.8 Å². The normalized spacial score (nSPS) is 44.1. The van der Waals surface area contributed by atoms with Gasteiger partial charge >= 0.3 is 0 Å². The van der Waals surface area contributed by atoms with Crippen LogP contribution in [0, 0.1) is 11.8 Å². The highest BCUT2D eigenvalue weighted by molar-refractivity contribution is 7.19. The molecule has 2 saturated carbocycles. The molecule has 0 radical (unpaired) electrons. The lowest BCUT2D eigenvalue weighted by Crippen LogP contribution is -2.20. The number of ketones is 1. The minimum atomic E-state index is 0.306. The molecule has 2 aliphatic rings. The third-order valence-electron chi connectivity index (χ3n) is 3.26. The molecule has 0 heterocycles. The summed E-state index contributed by atoms with van der Waals surface area (Å²) in [5.41, 5.74) is 0.306. The Hall–Kier alpha value is 0.100. The third-order valence-corrected chi connectivity index (χ3v) is 4.13. The van der Waals surface area contributed by atoms with Crippen LogP contribution in [0.1, 0.15) is 32.1 Å². The summed E-state index contributed by atoms with van der Waals surface area (Å²) in [4.78, 5) is 11.3. The quantitative estimate of drug-likeness (QED) is 0.508. The lowest BCUT2D eigenvalue weighted by molar-refractivity contribution is -0.117. The number of hydrogen-bond acceptors (Lipinski definition) is 1. The van der Waals surface area contributed by atoms with Crippen molar-refractivity contribution in [1.29, 1.82) is 0 Å². The van der Waals surface area contributed by atoms with Gasteiger partial charge in [0.1, 0.15) is 5.78 Å². The molecule has 0 amide bonds.